The number of methoxy groups -OCH3 is 1. The first kappa shape index (κ1) is 22.9. The topological polar surface area (TPSA) is 74.9 Å². The fourth-order valence-electron chi connectivity index (χ4n) is 4.02. The maximum atomic E-state index is 12.8. The summed E-state index contributed by atoms with van der Waals surface area (Å²) in [7, 11) is 3.50. The number of carbonyl (C=O) groups excluding carboxylic acids is 1. The second-order valence-corrected chi connectivity index (χ2v) is 8.41. The standard InChI is InChI=1S/C25H31N5O3/c1-19(25-26-24(27-33-25)21-9-5-4-6-10-21)30-14-12-29(13-15-30)18-23(31)28(2)17-20-8-7-11-22(16-20)32-3/h4-11,16,19H,12-15,17-18H2,1-3H3. The summed E-state index contributed by atoms with van der Waals surface area (Å²) in [6.45, 7) is 6.40. The molecule has 174 valence electrons. The minimum absolute atomic E-state index is 0.0311. The van der Waals surface area contributed by atoms with E-state index in [0.29, 0.717) is 24.8 Å². The Bertz CT molecular complexity index is 1050. The lowest BCUT2D eigenvalue weighted by Crippen LogP contribution is -2.50. The molecule has 1 fully saturated rings. The van der Waals surface area contributed by atoms with Crippen molar-refractivity contribution >= 4 is 5.91 Å². The van der Waals surface area contributed by atoms with E-state index in [4.69, 9.17) is 9.26 Å². The first-order valence-corrected chi connectivity index (χ1v) is 11.3. The van der Waals surface area contributed by atoms with Crippen molar-refractivity contribution in [2.45, 2.75) is 19.5 Å². The zero-order valence-corrected chi connectivity index (χ0v) is 19.5. The summed E-state index contributed by atoms with van der Waals surface area (Å²) in [5.74, 6) is 2.15. The molecule has 1 aliphatic rings. The van der Waals surface area contributed by atoms with Gasteiger partial charge >= 0.3 is 0 Å². The number of likely N-dealkylation sites (N-methyl/N-ethyl adjacent to an activating group) is 1. The van der Waals surface area contributed by atoms with Gasteiger partial charge in [0.1, 0.15) is 5.75 Å². The first-order valence-electron chi connectivity index (χ1n) is 11.3. The van der Waals surface area contributed by atoms with Gasteiger partial charge in [0.05, 0.1) is 19.7 Å². The summed E-state index contributed by atoms with van der Waals surface area (Å²) in [5, 5.41) is 4.14. The molecule has 2 heterocycles. The maximum Gasteiger partial charge on any atom is 0.244 e. The highest BCUT2D eigenvalue weighted by Crippen LogP contribution is 2.23. The molecule has 4 rings (SSSR count). The average Bonchev–Trinajstić information content (AvgIpc) is 3.35. The van der Waals surface area contributed by atoms with Crippen molar-refractivity contribution in [1.82, 2.24) is 24.8 Å². The van der Waals surface area contributed by atoms with E-state index in [-0.39, 0.29) is 11.9 Å². The number of hydrogen-bond donors (Lipinski definition) is 0. The molecule has 1 aliphatic heterocycles. The van der Waals surface area contributed by atoms with Crippen LogP contribution in [0.1, 0.15) is 24.4 Å². The van der Waals surface area contributed by atoms with E-state index in [1.54, 1.807) is 12.0 Å². The number of carbonyl (C=O) groups is 1. The third-order valence-electron chi connectivity index (χ3n) is 6.12. The molecular formula is C25H31N5O3. The van der Waals surface area contributed by atoms with Crippen molar-refractivity contribution in [2.24, 2.45) is 0 Å². The lowest BCUT2D eigenvalue weighted by Gasteiger charge is -2.37. The molecule has 1 atom stereocenters. The number of aromatic nitrogens is 2. The monoisotopic (exact) mass is 449 g/mol. The van der Waals surface area contributed by atoms with Gasteiger partial charge in [0.25, 0.3) is 0 Å². The van der Waals surface area contributed by atoms with E-state index in [9.17, 15) is 4.79 Å². The lowest BCUT2D eigenvalue weighted by atomic mass is 10.2. The molecule has 1 amide bonds. The number of benzene rings is 2. The molecule has 0 aliphatic carbocycles. The van der Waals surface area contributed by atoms with Crippen molar-refractivity contribution in [3.63, 3.8) is 0 Å². The van der Waals surface area contributed by atoms with Crippen LogP contribution in [0.25, 0.3) is 11.4 Å². The molecule has 8 nitrogen and oxygen atoms in total. The zero-order chi connectivity index (χ0) is 23.2. The van der Waals surface area contributed by atoms with Crippen LogP contribution in [0, 0.1) is 0 Å². The third-order valence-corrected chi connectivity index (χ3v) is 6.12. The van der Waals surface area contributed by atoms with Gasteiger partial charge in [0.15, 0.2) is 0 Å². The van der Waals surface area contributed by atoms with E-state index in [0.717, 1.165) is 43.1 Å². The van der Waals surface area contributed by atoms with Crippen molar-refractivity contribution in [1.29, 1.82) is 0 Å². The minimum Gasteiger partial charge on any atom is -0.497 e. The number of rotatable bonds is 8. The average molecular weight is 450 g/mol. The van der Waals surface area contributed by atoms with Crippen LogP contribution >= 0.6 is 0 Å². The molecule has 33 heavy (non-hydrogen) atoms. The molecule has 0 saturated carbocycles. The normalized spacial score (nSPS) is 15.8. The molecule has 3 aromatic rings. The van der Waals surface area contributed by atoms with Gasteiger partial charge in [-0.2, -0.15) is 4.98 Å². The van der Waals surface area contributed by atoms with Crippen LogP contribution in [0.15, 0.2) is 59.1 Å². The van der Waals surface area contributed by atoms with Gasteiger partial charge in [-0.25, -0.2) is 0 Å². The van der Waals surface area contributed by atoms with Crippen molar-refractivity contribution in [3.8, 4) is 17.1 Å². The number of ether oxygens (including phenoxy) is 1. The van der Waals surface area contributed by atoms with Crippen LogP contribution in [-0.2, 0) is 11.3 Å². The van der Waals surface area contributed by atoms with E-state index in [1.165, 1.54) is 0 Å². The molecule has 8 heteroatoms. The Balaban J connectivity index is 1.26. The summed E-state index contributed by atoms with van der Waals surface area (Å²) in [6, 6.07) is 17.7. The second-order valence-electron chi connectivity index (χ2n) is 8.41. The summed E-state index contributed by atoms with van der Waals surface area (Å²) in [5.41, 5.74) is 2.00. The molecule has 0 radical (unpaired) electrons. The Hall–Kier alpha value is -3.23. The van der Waals surface area contributed by atoms with E-state index >= 15 is 0 Å². The molecule has 2 aromatic carbocycles. The van der Waals surface area contributed by atoms with Crippen molar-refractivity contribution in [3.05, 3.63) is 66.1 Å². The van der Waals surface area contributed by atoms with E-state index in [2.05, 4.69) is 26.9 Å². The summed E-state index contributed by atoms with van der Waals surface area (Å²) in [4.78, 5) is 23.6. The predicted octanol–water partition coefficient (Wildman–Crippen LogP) is 3.08. The van der Waals surface area contributed by atoms with Gasteiger partial charge in [-0.15, -0.1) is 0 Å². The smallest absolute Gasteiger partial charge is 0.244 e. The van der Waals surface area contributed by atoms with E-state index in [1.807, 2.05) is 61.6 Å². The SMILES string of the molecule is COc1cccc(CN(C)C(=O)CN2CCN(C(C)c3nc(-c4ccccc4)no3)CC2)c1. The quantitative estimate of drug-likeness (QED) is 0.523. The van der Waals surface area contributed by atoms with E-state index < -0.39 is 0 Å². The van der Waals surface area contributed by atoms with Crippen LogP contribution in [0.4, 0.5) is 0 Å². The Kier molecular flexibility index (Phi) is 7.36. The van der Waals surface area contributed by atoms with Gasteiger partial charge in [0, 0.05) is 45.3 Å². The largest absolute Gasteiger partial charge is 0.497 e. The van der Waals surface area contributed by atoms with Crippen molar-refractivity contribution in [2.75, 3.05) is 46.9 Å². The molecular weight excluding hydrogens is 418 g/mol. The molecule has 1 unspecified atom stereocenters. The summed E-state index contributed by atoms with van der Waals surface area (Å²) in [6.07, 6.45) is 0. The highest BCUT2D eigenvalue weighted by atomic mass is 16.5. The predicted molar refractivity (Wildman–Crippen MR) is 126 cm³/mol. The lowest BCUT2D eigenvalue weighted by molar-refractivity contribution is -0.132. The van der Waals surface area contributed by atoms with Crippen LogP contribution in [0.2, 0.25) is 0 Å². The van der Waals surface area contributed by atoms with Crippen LogP contribution in [0.5, 0.6) is 5.75 Å². The number of piperazine rings is 1. The fraction of sp³-hybridized carbons (Fsp3) is 0.400. The number of nitrogens with zero attached hydrogens (tertiary/aromatic N) is 5. The molecule has 0 bridgehead atoms. The summed E-state index contributed by atoms with van der Waals surface area (Å²) < 4.78 is 10.8. The zero-order valence-electron chi connectivity index (χ0n) is 19.5. The molecule has 0 spiro atoms. The van der Waals surface area contributed by atoms with Crippen LogP contribution < -0.4 is 4.74 Å². The first-order chi connectivity index (χ1) is 16.0. The minimum atomic E-state index is 0.0311. The van der Waals surface area contributed by atoms with Gasteiger partial charge in [-0.05, 0) is 24.6 Å². The van der Waals surface area contributed by atoms with Gasteiger partial charge < -0.3 is 14.2 Å². The van der Waals surface area contributed by atoms with Crippen LogP contribution in [0.3, 0.4) is 0 Å². The third kappa shape index (κ3) is 5.77. The number of hydrogen-bond acceptors (Lipinski definition) is 7. The Morgan fingerprint density at radius 2 is 1.88 bits per heavy atom. The maximum absolute atomic E-state index is 12.8. The molecule has 0 N–H and O–H groups in total. The second kappa shape index (κ2) is 10.6. The highest BCUT2D eigenvalue weighted by Gasteiger charge is 2.27. The van der Waals surface area contributed by atoms with Gasteiger partial charge in [-0.1, -0.05) is 47.6 Å². The molecule has 1 saturated heterocycles. The highest BCUT2D eigenvalue weighted by molar-refractivity contribution is 5.78. The van der Waals surface area contributed by atoms with Gasteiger partial charge in [0.2, 0.25) is 17.6 Å². The Morgan fingerprint density at radius 3 is 2.61 bits per heavy atom. The Labute approximate surface area is 194 Å². The van der Waals surface area contributed by atoms with Crippen molar-refractivity contribution < 1.29 is 14.1 Å². The van der Waals surface area contributed by atoms with Crippen LogP contribution in [-0.4, -0.2) is 77.6 Å². The Morgan fingerprint density at radius 1 is 1.12 bits per heavy atom. The molecule has 1 aromatic heterocycles. The van der Waals surface area contributed by atoms with Gasteiger partial charge in [-0.3, -0.25) is 14.6 Å². The summed E-state index contributed by atoms with van der Waals surface area (Å²) >= 11 is 0. The fourth-order valence-corrected chi connectivity index (χ4v) is 4.02. The number of amides is 1.